The first-order chi connectivity index (χ1) is 15.0. The summed E-state index contributed by atoms with van der Waals surface area (Å²) in [6, 6.07) is 15.2. The Hall–Kier alpha value is -3.55. The van der Waals surface area contributed by atoms with Crippen LogP contribution in [0.25, 0.3) is 0 Å². The van der Waals surface area contributed by atoms with E-state index in [1.54, 1.807) is 36.3 Å². The second-order valence-electron chi connectivity index (χ2n) is 7.80. The number of methoxy groups -OCH3 is 1. The average Bonchev–Trinajstić information content (AvgIpc) is 3.19. The molecule has 0 bridgehead atoms. The first-order valence-corrected chi connectivity index (χ1v) is 10.4. The van der Waals surface area contributed by atoms with Gasteiger partial charge in [-0.2, -0.15) is 0 Å². The Morgan fingerprint density at radius 2 is 1.97 bits per heavy atom. The van der Waals surface area contributed by atoms with Gasteiger partial charge in [-0.05, 0) is 36.6 Å². The normalized spacial score (nSPS) is 17.8. The van der Waals surface area contributed by atoms with Crippen LogP contribution >= 0.6 is 0 Å². The number of hydrazine groups is 1. The molecule has 2 aliphatic rings. The lowest BCUT2D eigenvalue weighted by Gasteiger charge is -2.30. The van der Waals surface area contributed by atoms with E-state index in [4.69, 9.17) is 4.74 Å². The number of carbonyl (C=O) groups is 3. The Labute approximate surface area is 181 Å². The van der Waals surface area contributed by atoms with Gasteiger partial charge >= 0.3 is 0 Å². The van der Waals surface area contributed by atoms with Gasteiger partial charge in [-0.3, -0.25) is 25.2 Å². The molecule has 162 valence electrons. The van der Waals surface area contributed by atoms with Crippen molar-refractivity contribution in [1.82, 2.24) is 10.9 Å². The van der Waals surface area contributed by atoms with Crippen LogP contribution in [-0.4, -0.2) is 44.5 Å². The van der Waals surface area contributed by atoms with Gasteiger partial charge in [0.2, 0.25) is 11.8 Å². The van der Waals surface area contributed by atoms with E-state index in [-0.39, 0.29) is 37.2 Å². The van der Waals surface area contributed by atoms with Crippen LogP contribution < -0.4 is 25.4 Å². The van der Waals surface area contributed by atoms with Crippen molar-refractivity contribution < 1.29 is 19.1 Å². The number of nitrogens with zero attached hydrogens (tertiary/aromatic N) is 2. The maximum atomic E-state index is 12.5. The lowest BCUT2D eigenvalue weighted by molar-refractivity contribution is -0.130. The smallest absolute Gasteiger partial charge is 0.257 e. The molecule has 3 amide bonds. The number of benzene rings is 2. The Morgan fingerprint density at radius 3 is 2.81 bits per heavy atom. The highest BCUT2D eigenvalue weighted by Crippen LogP contribution is 2.28. The summed E-state index contributed by atoms with van der Waals surface area (Å²) >= 11 is 0. The third-order valence-corrected chi connectivity index (χ3v) is 5.73. The molecule has 1 atom stereocenters. The summed E-state index contributed by atoms with van der Waals surface area (Å²) in [5.41, 5.74) is 7.96. The van der Waals surface area contributed by atoms with Gasteiger partial charge in [0.15, 0.2) is 0 Å². The van der Waals surface area contributed by atoms with E-state index in [2.05, 4.69) is 16.9 Å². The lowest BCUT2D eigenvalue weighted by Crippen LogP contribution is -2.49. The summed E-state index contributed by atoms with van der Waals surface area (Å²) in [6.07, 6.45) is 2.09. The van der Waals surface area contributed by atoms with E-state index in [1.165, 1.54) is 5.56 Å². The minimum Gasteiger partial charge on any atom is -0.497 e. The molecule has 8 nitrogen and oxygen atoms in total. The van der Waals surface area contributed by atoms with E-state index in [0.29, 0.717) is 11.4 Å². The molecule has 2 N–H and O–H groups in total. The van der Waals surface area contributed by atoms with E-state index in [1.807, 2.05) is 23.1 Å². The number of ether oxygens (including phenoxy) is 1. The first kappa shape index (κ1) is 20.7. The molecule has 0 spiro atoms. The lowest BCUT2D eigenvalue weighted by atomic mass is 10.0. The van der Waals surface area contributed by atoms with Crippen LogP contribution in [0.2, 0.25) is 0 Å². The van der Waals surface area contributed by atoms with Crippen molar-refractivity contribution in [3.05, 3.63) is 54.1 Å². The first-order valence-electron chi connectivity index (χ1n) is 10.4. The number of nitrogens with one attached hydrogen (secondary N) is 2. The standard InChI is InChI=1S/C23H26N4O4/c1-31-19-9-4-8-18(13-19)27-14-17(12-22(27)29)23(30)25-24-21(28)15-26-11-5-7-16-6-2-3-10-20(16)26/h2-4,6,8-10,13,17H,5,7,11-12,14-15H2,1H3,(H,24,28)(H,25,30). The third kappa shape index (κ3) is 4.63. The van der Waals surface area contributed by atoms with Gasteiger partial charge in [0.25, 0.3) is 5.91 Å². The zero-order valence-electron chi connectivity index (χ0n) is 17.5. The summed E-state index contributed by atoms with van der Waals surface area (Å²) in [6.45, 7) is 1.22. The summed E-state index contributed by atoms with van der Waals surface area (Å²) in [7, 11) is 1.56. The summed E-state index contributed by atoms with van der Waals surface area (Å²) in [5.74, 6) is -0.686. The van der Waals surface area contributed by atoms with Crippen molar-refractivity contribution in [2.45, 2.75) is 19.3 Å². The predicted octanol–water partition coefficient (Wildman–Crippen LogP) is 1.65. The Bertz CT molecular complexity index is 993. The van der Waals surface area contributed by atoms with Crippen molar-refractivity contribution >= 4 is 29.1 Å². The molecule has 2 aliphatic heterocycles. The summed E-state index contributed by atoms with van der Waals surface area (Å²) in [4.78, 5) is 40.9. The van der Waals surface area contributed by atoms with Crippen LogP contribution in [0.1, 0.15) is 18.4 Å². The molecule has 31 heavy (non-hydrogen) atoms. The molecule has 0 radical (unpaired) electrons. The molecular weight excluding hydrogens is 396 g/mol. The molecule has 1 unspecified atom stereocenters. The number of aryl methyl sites for hydroxylation is 1. The Morgan fingerprint density at radius 1 is 1.13 bits per heavy atom. The zero-order chi connectivity index (χ0) is 21.8. The summed E-state index contributed by atoms with van der Waals surface area (Å²) in [5, 5.41) is 0. The molecule has 2 aromatic rings. The molecule has 1 saturated heterocycles. The molecule has 0 aromatic heterocycles. The molecule has 2 aromatic carbocycles. The van der Waals surface area contributed by atoms with E-state index in [9.17, 15) is 14.4 Å². The van der Waals surface area contributed by atoms with Crippen molar-refractivity contribution in [2.75, 3.05) is 36.5 Å². The predicted molar refractivity (Wildman–Crippen MR) is 117 cm³/mol. The third-order valence-electron chi connectivity index (χ3n) is 5.73. The van der Waals surface area contributed by atoms with Gasteiger partial charge < -0.3 is 14.5 Å². The quantitative estimate of drug-likeness (QED) is 0.715. The number of amides is 3. The minimum atomic E-state index is -0.533. The number of anilines is 2. The maximum Gasteiger partial charge on any atom is 0.257 e. The molecule has 1 fully saturated rings. The Balaban J connectivity index is 1.30. The number of rotatable bonds is 5. The second-order valence-corrected chi connectivity index (χ2v) is 7.80. The van der Waals surface area contributed by atoms with Crippen molar-refractivity contribution in [2.24, 2.45) is 5.92 Å². The van der Waals surface area contributed by atoms with Crippen LogP contribution in [-0.2, 0) is 20.8 Å². The van der Waals surface area contributed by atoms with Crippen molar-refractivity contribution in [3.63, 3.8) is 0 Å². The number of hydrogen-bond donors (Lipinski definition) is 2. The van der Waals surface area contributed by atoms with Gasteiger partial charge in [0.1, 0.15) is 5.75 Å². The van der Waals surface area contributed by atoms with Crippen LogP contribution in [0.5, 0.6) is 5.75 Å². The molecule has 0 aliphatic carbocycles. The highest BCUT2D eigenvalue weighted by atomic mass is 16.5. The minimum absolute atomic E-state index is 0.0956. The van der Waals surface area contributed by atoms with Crippen molar-refractivity contribution in [3.8, 4) is 5.75 Å². The monoisotopic (exact) mass is 422 g/mol. The molecular formula is C23H26N4O4. The van der Waals surface area contributed by atoms with Gasteiger partial charge in [-0.1, -0.05) is 24.3 Å². The largest absolute Gasteiger partial charge is 0.497 e. The number of fused-ring (bicyclic) bond motifs is 1. The van der Waals surface area contributed by atoms with E-state index >= 15 is 0 Å². The van der Waals surface area contributed by atoms with Crippen LogP contribution in [0.15, 0.2) is 48.5 Å². The van der Waals surface area contributed by atoms with Crippen LogP contribution in [0.3, 0.4) is 0 Å². The van der Waals surface area contributed by atoms with E-state index in [0.717, 1.165) is 25.1 Å². The molecule has 4 rings (SSSR count). The highest BCUT2D eigenvalue weighted by molar-refractivity contribution is 6.00. The number of carbonyl (C=O) groups excluding carboxylic acids is 3. The van der Waals surface area contributed by atoms with Crippen molar-refractivity contribution in [1.29, 1.82) is 0 Å². The molecule has 8 heteroatoms. The molecule has 0 saturated carbocycles. The fourth-order valence-corrected chi connectivity index (χ4v) is 4.13. The molecule has 2 heterocycles. The highest BCUT2D eigenvalue weighted by Gasteiger charge is 2.35. The summed E-state index contributed by atoms with van der Waals surface area (Å²) < 4.78 is 5.20. The fraction of sp³-hybridized carbons (Fsp3) is 0.348. The maximum absolute atomic E-state index is 12.5. The average molecular weight is 422 g/mol. The van der Waals surface area contributed by atoms with Crippen LogP contribution in [0.4, 0.5) is 11.4 Å². The number of para-hydroxylation sites is 1. The van der Waals surface area contributed by atoms with Crippen LogP contribution in [0, 0.1) is 5.92 Å². The van der Waals surface area contributed by atoms with Gasteiger partial charge in [-0.15, -0.1) is 0 Å². The fourth-order valence-electron chi connectivity index (χ4n) is 4.13. The Kier molecular flexibility index (Phi) is 6.06. The van der Waals surface area contributed by atoms with Gasteiger partial charge in [0, 0.05) is 37.0 Å². The van der Waals surface area contributed by atoms with Gasteiger partial charge in [0.05, 0.1) is 19.6 Å². The zero-order valence-corrected chi connectivity index (χ0v) is 17.5. The van der Waals surface area contributed by atoms with E-state index < -0.39 is 5.92 Å². The second kappa shape index (κ2) is 9.07. The van der Waals surface area contributed by atoms with Gasteiger partial charge in [-0.25, -0.2) is 0 Å². The SMILES string of the molecule is COc1cccc(N2CC(C(=O)NNC(=O)CN3CCCc4ccccc43)CC2=O)c1. The number of hydrogen-bond acceptors (Lipinski definition) is 5. The topological polar surface area (TPSA) is 91.0 Å².